The van der Waals surface area contributed by atoms with Gasteiger partial charge in [0.2, 0.25) is 0 Å². The number of ketones is 2. The molecule has 0 bridgehead atoms. The molecule has 0 fully saturated rings. The fourth-order valence-corrected chi connectivity index (χ4v) is 6.27. The summed E-state index contributed by atoms with van der Waals surface area (Å²) in [7, 11) is 0. The lowest BCUT2D eigenvalue weighted by Crippen LogP contribution is -1.94. The Morgan fingerprint density at radius 1 is 0.711 bits per heavy atom. The molecule has 0 aliphatic carbocycles. The van der Waals surface area contributed by atoms with Gasteiger partial charge in [-0.2, -0.15) is 0 Å². The van der Waals surface area contributed by atoms with Crippen LogP contribution >= 0.6 is 57.5 Å². The number of hydrogen-bond donors (Lipinski definition) is 1. The summed E-state index contributed by atoms with van der Waals surface area (Å²) in [6.45, 7) is 3.15. The van der Waals surface area contributed by atoms with Crippen molar-refractivity contribution in [2.45, 2.75) is 39.5 Å². The topological polar surface area (TPSA) is 89.4 Å². The third kappa shape index (κ3) is 10.8. The van der Waals surface area contributed by atoms with E-state index in [-0.39, 0.29) is 17.3 Å². The number of halogens is 3. The third-order valence-corrected chi connectivity index (χ3v) is 8.93. The molecule has 0 spiro atoms. The van der Waals surface area contributed by atoms with Crippen molar-refractivity contribution in [2.24, 2.45) is 0 Å². The standard InChI is InChI=1S/C17H14ClNO2S.C10H11ClO2.C7H4ClNS/c1-11(20)6-7-12-8-9-15(13(18)10-12)21-17-19-14-4-2-3-5-16(14)22-17;1-7(12)2-3-8-4-5-10(13)9(11)6-8;8-7-9-5-3-1-2-4-6(5)10-7/h2-5,8-10H,6-7H2,1H3;4-6,13H,2-3H2,1H3;1-4H. The maximum Gasteiger partial charge on any atom is 0.279 e. The summed E-state index contributed by atoms with van der Waals surface area (Å²) < 4.78 is 8.62. The van der Waals surface area contributed by atoms with E-state index in [1.165, 1.54) is 28.7 Å². The normalized spacial score (nSPS) is 10.5. The Labute approximate surface area is 284 Å². The number of ether oxygens (including phenoxy) is 1. The molecule has 0 amide bonds. The number of fused-ring (bicyclic) bond motifs is 2. The van der Waals surface area contributed by atoms with E-state index in [2.05, 4.69) is 9.97 Å². The predicted molar refractivity (Wildman–Crippen MR) is 187 cm³/mol. The van der Waals surface area contributed by atoms with E-state index in [4.69, 9.17) is 44.6 Å². The highest BCUT2D eigenvalue weighted by atomic mass is 35.5. The summed E-state index contributed by atoms with van der Waals surface area (Å²) in [5.41, 5.74) is 3.89. The van der Waals surface area contributed by atoms with Crippen LogP contribution in [0.5, 0.6) is 16.7 Å². The molecule has 2 aromatic heterocycles. The lowest BCUT2D eigenvalue weighted by atomic mass is 10.1. The molecule has 0 radical (unpaired) electrons. The molecule has 11 heteroatoms. The van der Waals surface area contributed by atoms with Crippen LogP contribution in [0.4, 0.5) is 0 Å². The Balaban J connectivity index is 0.000000169. The van der Waals surface area contributed by atoms with Crippen LogP contribution in [-0.2, 0) is 22.4 Å². The van der Waals surface area contributed by atoms with Crippen LogP contribution in [0.15, 0.2) is 84.9 Å². The lowest BCUT2D eigenvalue weighted by Gasteiger charge is -2.06. The van der Waals surface area contributed by atoms with Gasteiger partial charge in [0, 0.05) is 12.8 Å². The number of phenolic OH excluding ortho intramolecular Hbond substituents is 1. The number of carbonyl (C=O) groups is 2. The van der Waals surface area contributed by atoms with Gasteiger partial charge in [-0.05, 0) is 86.3 Å². The number of rotatable bonds is 8. The highest BCUT2D eigenvalue weighted by molar-refractivity contribution is 7.22. The summed E-state index contributed by atoms with van der Waals surface area (Å²) in [4.78, 5) is 30.2. The van der Waals surface area contributed by atoms with Crippen LogP contribution in [0.2, 0.25) is 14.5 Å². The second kappa shape index (κ2) is 16.7. The first-order valence-corrected chi connectivity index (χ1v) is 16.6. The number of hydrogen-bond acceptors (Lipinski definition) is 8. The van der Waals surface area contributed by atoms with Gasteiger partial charge in [0.1, 0.15) is 23.1 Å². The zero-order chi connectivity index (χ0) is 32.3. The van der Waals surface area contributed by atoms with Crippen molar-refractivity contribution in [3.8, 4) is 16.7 Å². The molecule has 0 aliphatic rings. The highest BCUT2D eigenvalue weighted by Gasteiger charge is 2.09. The Kier molecular flexibility index (Phi) is 12.7. The minimum absolute atomic E-state index is 0.0771. The van der Waals surface area contributed by atoms with Gasteiger partial charge in [-0.25, -0.2) is 9.97 Å². The fourth-order valence-electron chi connectivity index (χ4n) is 3.96. The molecular weight excluding hydrogens is 671 g/mol. The second-order valence-electron chi connectivity index (χ2n) is 9.94. The number of phenols is 1. The van der Waals surface area contributed by atoms with Crippen molar-refractivity contribution in [1.82, 2.24) is 9.97 Å². The summed E-state index contributed by atoms with van der Waals surface area (Å²) >= 11 is 20.6. The van der Waals surface area contributed by atoms with Crippen LogP contribution in [-0.4, -0.2) is 26.6 Å². The molecule has 45 heavy (non-hydrogen) atoms. The van der Waals surface area contributed by atoms with Crippen LogP contribution in [0.1, 0.15) is 37.8 Å². The van der Waals surface area contributed by atoms with Crippen molar-refractivity contribution in [3.05, 3.63) is 111 Å². The van der Waals surface area contributed by atoms with Crippen molar-refractivity contribution in [2.75, 3.05) is 0 Å². The number of para-hydroxylation sites is 2. The van der Waals surface area contributed by atoms with Gasteiger partial charge in [0.05, 0.1) is 30.5 Å². The zero-order valence-electron chi connectivity index (χ0n) is 24.4. The zero-order valence-corrected chi connectivity index (χ0v) is 28.3. The largest absolute Gasteiger partial charge is 0.506 e. The molecule has 0 saturated carbocycles. The van der Waals surface area contributed by atoms with E-state index in [1.807, 2.05) is 66.7 Å². The van der Waals surface area contributed by atoms with Crippen LogP contribution in [0, 0.1) is 0 Å². The molecule has 6 rings (SSSR count). The smallest absolute Gasteiger partial charge is 0.279 e. The number of aromatic hydroxyl groups is 1. The maximum absolute atomic E-state index is 11.0. The number of nitrogens with zero attached hydrogens (tertiary/aromatic N) is 2. The Morgan fingerprint density at radius 3 is 1.78 bits per heavy atom. The molecular formula is C34H29Cl3N2O4S2. The van der Waals surface area contributed by atoms with E-state index in [9.17, 15) is 9.59 Å². The average Bonchev–Trinajstić information content (AvgIpc) is 3.60. The minimum Gasteiger partial charge on any atom is -0.506 e. The van der Waals surface area contributed by atoms with Gasteiger partial charge < -0.3 is 19.4 Å². The summed E-state index contributed by atoms with van der Waals surface area (Å²) in [6, 6.07) is 26.4. The Bertz CT molecular complexity index is 1860. The third-order valence-electron chi connectivity index (χ3n) is 6.28. The first-order chi connectivity index (χ1) is 21.6. The summed E-state index contributed by atoms with van der Waals surface area (Å²) in [5.74, 6) is 0.982. The quantitative estimate of drug-likeness (QED) is 0.170. The van der Waals surface area contributed by atoms with Crippen molar-refractivity contribution >= 4 is 89.5 Å². The molecule has 0 atom stereocenters. The van der Waals surface area contributed by atoms with Crippen molar-refractivity contribution in [1.29, 1.82) is 0 Å². The number of aryl methyl sites for hydroxylation is 2. The molecule has 2 heterocycles. The minimum atomic E-state index is 0.0771. The lowest BCUT2D eigenvalue weighted by molar-refractivity contribution is -0.117. The van der Waals surface area contributed by atoms with Crippen LogP contribution < -0.4 is 4.74 Å². The van der Waals surface area contributed by atoms with E-state index in [0.29, 0.717) is 51.1 Å². The molecule has 6 nitrogen and oxygen atoms in total. The predicted octanol–water partition coefficient (Wildman–Crippen LogP) is 10.8. The maximum atomic E-state index is 11.0. The van der Waals surface area contributed by atoms with E-state index < -0.39 is 0 Å². The monoisotopic (exact) mass is 698 g/mol. The van der Waals surface area contributed by atoms with Gasteiger partial charge in [-0.15, -0.1) is 11.3 Å². The molecule has 0 saturated heterocycles. The van der Waals surface area contributed by atoms with Crippen molar-refractivity contribution in [3.63, 3.8) is 0 Å². The molecule has 4 aromatic carbocycles. The summed E-state index contributed by atoms with van der Waals surface area (Å²) in [5, 5.41) is 10.6. The van der Waals surface area contributed by atoms with Gasteiger partial charge in [-0.3, -0.25) is 0 Å². The van der Waals surface area contributed by atoms with Crippen LogP contribution in [0.3, 0.4) is 0 Å². The van der Waals surface area contributed by atoms with E-state index in [1.54, 1.807) is 26.0 Å². The second-order valence-corrected chi connectivity index (χ2v) is 13.4. The Hall–Kier alpha value is -3.53. The number of thiazole rings is 2. The molecule has 0 aliphatic heterocycles. The first kappa shape index (κ1) is 34.3. The number of carbonyl (C=O) groups excluding carboxylic acids is 2. The number of aromatic nitrogens is 2. The number of benzene rings is 4. The average molecular weight is 700 g/mol. The van der Waals surface area contributed by atoms with Gasteiger partial charge in [0.25, 0.3) is 5.19 Å². The van der Waals surface area contributed by atoms with Crippen molar-refractivity contribution < 1.29 is 19.4 Å². The fraction of sp³-hybridized carbons (Fsp3) is 0.176. The first-order valence-electron chi connectivity index (χ1n) is 13.9. The molecule has 232 valence electrons. The van der Waals surface area contributed by atoms with Gasteiger partial charge >= 0.3 is 0 Å². The Morgan fingerprint density at radius 2 is 1.24 bits per heavy atom. The molecule has 6 aromatic rings. The van der Waals surface area contributed by atoms with E-state index >= 15 is 0 Å². The van der Waals surface area contributed by atoms with E-state index in [0.717, 1.165) is 31.6 Å². The SMILES string of the molecule is CC(=O)CCc1ccc(O)c(Cl)c1.CC(=O)CCc1ccc(Oc2nc3ccccc3s2)c(Cl)c1.Clc1nc2ccccc2s1. The van der Waals surface area contributed by atoms with Gasteiger partial charge in [-0.1, -0.05) is 82.5 Å². The number of Topliss-reactive ketones (excluding diaryl/α,β-unsaturated/α-hetero) is 2. The molecule has 0 unspecified atom stereocenters. The molecule has 1 N–H and O–H groups in total. The highest BCUT2D eigenvalue weighted by Crippen LogP contribution is 2.35. The summed E-state index contributed by atoms with van der Waals surface area (Å²) in [6.07, 6.45) is 2.40. The van der Waals surface area contributed by atoms with Gasteiger partial charge in [0.15, 0.2) is 4.47 Å². The van der Waals surface area contributed by atoms with Crippen LogP contribution in [0.25, 0.3) is 20.4 Å².